The van der Waals surface area contributed by atoms with Gasteiger partial charge in [-0.1, -0.05) is 0 Å². The Kier molecular flexibility index (Phi) is 3.41. The second-order valence-electron chi connectivity index (χ2n) is 5.20. The van der Waals surface area contributed by atoms with E-state index in [1.54, 1.807) is 11.3 Å². The molecule has 0 atom stereocenters. The average Bonchev–Trinajstić information content (AvgIpc) is 2.78. The van der Waals surface area contributed by atoms with Crippen LogP contribution in [0.5, 0.6) is 0 Å². The van der Waals surface area contributed by atoms with Crippen molar-refractivity contribution in [2.24, 2.45) is 5.73 Å². The molecule has 4 heteroatoms. The molecule has 0 radical (unpaired) electrons. The van der Waals surface area contributed by atoms with Gasteiger partial charge in [0.1, 0.15) is 5.01 Å². The maximum Gasteiger partial charge on any atom is 0.123 e. The highest BCUT2D eigenvalue weighted by molar-refractivity contribution is 7.13. The minimum Gasteiger partial charge on any atom is -0.378 e. The molecule has 3 nitrogen and oxygen atoms in total. The molecule has 0 unspecified atom stereocenters. The van der Waals surface area contributed by atoms with Gasteiger partial charge in [-0.05, 0) is 38.1 Å². The van der Waals surface area contributed by atoms with E-state index in [1.165, 1.54) is 5.69 Å². The SMILES string of the molecule is CN(C)c1ccc(-c2nc(C(C)(C)N)cs2)cc1. The lowest BCUT2D eigenvalue weighted by Crippen LogP contribution is -2.28. The maximum absolute atomic E-state index is 6.05. The minimum absolute atomic E-state index is 0.377. The lowest BCUT2D eigenvalue weighted by atomic mass is 10.0. The first-order chi connectivity index (χ1) is 8.38. The van der Waals surface area contributed by atoms with Crippen LogP contribution < -0.4 is 10.6 Å². The summed E-state index contributed by atoms with van der Waals surface area (Å²) in [6, 6.07) is 8.40. The van der Waals surface area contributed by atoms with Gasteiger partial charge in [-0.15, -0.1) is 11.3 Å². The summed E-state index contributed by atoms with van der Waals surface area (Å²) in [6.07, 6.45) is 0. The average molecular weight is 261 g/mol. The van der Waals surface area contributed by atoms with Crippen LogP contribution in [-0.4, -0.2) is 19.1 Å². The number of thiazole rings is 1. The Bertz CT molecular complexity index is 521. The van der Waals surface area contributed by atoms with Gasteiger partial charge in [0, 0.05) is 30.7 Å². The highest BCUT2D eigenvalue weighted by Gasteiger charge is 2.18. The fourth-order valence-electron chi connectivity index (χ4n) is 1.60. The quantitative estimate of drug-likeness (QED) is 0.923. The molecule has 0 aliphatic heterocycles. The van der Waals surface area contributed by atoms with Crippen molar-refractivity contribution in [1.82, 2.24) is 4.98 Å². The molecule has 0 aliphatic carbocycles. The van der Waals surface area contributed by atoms with E-state index in [2.05, 4.69) is 34.1 Å². The number of aromatic nitrogens is 1. The number of hydrogen-bond acceptors (Lipinski definition) is 4. The smallest absolute Gasteiger partial charge is 0.123 e. The minimum atomic E-state index is -0.377. The van der Waals surface area contributed by atoms with Crippen LogP contribution in [0.3, 0.4) is 0 Å². The van der Waals surface area contributed by atoms with Crippen molar-refractivity contribution in [2.75, 3.05) is 19.0 Å². The van der Waals surface area contributed by atoms with Gasteiger partial charge < -0.3 is 10.6 Å². The van der Waals surface area contributed by atoms with Crippen molar-refractivity contribution in [3.63, 3.8) is 0 Å². The van der Waals surface area contributed by atoms with Gasteiger partial charge in [0.25, 0.3) is 0 Å². The van der Waals surface area contributed by atoms with Crippen LogP contribution in [0.25, 0.3) is 10.6 Å². The fraction of sp³-hybridized carbons (Fsp3) is 0.357. The molecule has 96 valence electrons. The Hall–Kier alpha value is -1.39. The first-order valence-electron chi connectivity index (χ1n) is 5.90. The first-order valence-corrected chi connectivity index (χ1v) is 6.78. The van der Waals surface area contributed by atoms with Crippen LogP contribution in [0.1, 0.15) is 19.5 Å². The van der Waals surface area contributed by atoms with E-state index < -0.39 is 0 Å². The molecule has 0 fully saturated rings. The monoisotopic (exact) mass is 261 g/mol. The summed E-state index contributed by atoms with van der Waals surface area (Å²) in [5.74, 6) is 0. The lowest BCUT2D eigenvalue weighted by Gasteiger charge is -2.14. The van der Waals surface area contributed by atoms with E-state index in [9.17, 15) is 0 Å². The van der Waals surface area contributed by atoms with Crippen molar-refractivity contribution in [2.45, 2.75) is 19.4 Å². The highest BCUT2D eigenvalue weighted by Crippen LogP contribution is 2.28. The predicted molar refractivity (Wildman–Crippen MR) is 79.1 cm³/mol. The van der Waals surface area contributed by atoms with Crippen LogP contribution in [0, 0.1) is 0 Å². The molecule has 0 saturated heterocycles. The predicted octanol–water partition coefficient (Wildman–Crippen LogP) is 3.07. The van der Waals surface area contributed by atoms with Crippen molar-refractivity contribution < 1.29 is 0 Å². The Balaban J connectivity index is 2.29. The normalized spacial score (nSPS) is 11.6. The summed E-state index contributed by atoms with van der Waals surface area (Å²) in [4.78, 5) is 6.69. The molecule has 1 aromatic heterocycles. The zero-order valence-electron chi connectivity index (χ0n) is 11.3. The molecule has 2 aromatic rings. The lowest BCUT2D eigenvalue weighted by molar-refractivity contribution is 0.539. The highest BCUT2D eigenvalue weighted by atomic mass is 32.1. The van der Waals surface area contributed by atoms with Gasteiger partial charge in [-0.2, -0.15) is 0 Å². The van der Waals surface area contributed by atoms with Gasteiger partial charge >= 0.3 is 0 Å². The zero-order chi connectivity index (χ0) is 13.3. The van der Waals surface area contributed by atoms with Gasteiger partial charge in [0.2, 0.25) is 0 Å². The fourth-order valence-corrected chi connectivity index (χ4v) is 2.61. The Labute approximate surface area is 112 Å². The Morgan fingerprint density at radius 2 is 1.78 bits per heavy atom. The summed E-state index contributed by atoms with van der Waals surface area (Å²) in [5, 5.41) is 3.06. The van der Waals surface area contributed by atoms with E-state index in [0.29, 0.717) is 0 Å². The van der Waals surface area contributed by atoms with E-state index in [4.69, 9.17) is 5.73 Å². The van der Waals surface area contributed by atoms with Gasteiger partial charge in [0.05, 0.1) is 11.2 Å². The number of benzene rings is 1. The van der Waals surface area contributed by atoms with Crippen molar-refractivity contribution in [3.05, 3.63) is 35.3 Å². The molecular formula is C14H19N3S. The van der Waals surface area contributed by atoms with Crippen molar-refractivity contribution in [3.8, 4) is 10.6 Å². The second-order valence-corrected chi connectivity index (χ2v) is 6.06. The third-order valence-electron chi connectivity index (χ3n) is 2.80. The topological polar surface area (TPSA) is 42.2 Å². The van der Waals surface area contributed by atoms with Crippen LogP contribution in [0.4, 0.5) is 5.69 Å². The van der Waals surface area contributed by atoms with Crippen LogP contribution >= 0.6 is 11.3 Å². The molecule has 1 aromatic carbocycles. The van der Waals surface area contributed by atoms with Gasteiger partial charge in [-0.3, -0.25) is 0 Å². The molecule has 1 heterocycles. The standard InChI is InChI=1S/C14H19N3S/c1-14(2,15)12-9-18-13(16-12)10-5-7-11(8-6-10)17(3)4/h5-9H,15H2,1-4H3. The number of rotatable bonds is 3. The zero-order valence-corrected chi connectivity index (χ0v) is 12.1. The molecule has 18 heavy (non-hydrogen) atoms. The molecule has 2 rings (SSSR count). The van der Waals surface area contributed by atoms with Crippen LogP contribution in [-0.2, 0) is 5.54 Å². The van der Waals surface area contributed by atoms with E-state index in [1.807, 2.05) is 33.3 Å². The molecule has 0 saturated carbocycles. The third kappa shape index (κ3) is 2.71. The summed E-state index contributed by atoms with van der Waals surface area (Å²) < 4.78 is 0. The number of nitrogens with zero attached hydrogens (tertiary/aromatic N) is 2. The van der Waals surface area contributed by atoms with Crippen LogP contribution in [0.2, 0.25) is 0 Å². The number of hydrogen-bond donors (Lipinski definition) is 1. The Morgan fingerprint density at radius 1 is 1.17 bits per heavy atom. The molecule has 0 spiro atoms. The van der Waals surface area contributed by atoms with Gasteiger partial charge in [-0.25, -0.2) is 4.98 Å². The maximum atomic E-state index is 6.05. The third-order valence-corrected chi connectivity index (χ3v) is 3.69. The van der Waals surface area contributed by atoms with Gasteiger partial charge in [0.15, 0.2) is 0 Å². The summed E-state index contributed by atoms with van der Waals surface area (Å²) in [5.41, 5.74) is 8.95. The van der Waals surface area contributed by atoms with Crippen molar-refractivity contribution in [1.29, 1.82) is 0 Å². The summed E-state index contributed by atoms with van der Waals surface area (Å²) in [7, 11) is 4.07. The first kappa shape index (κ1) is 13.1. The molecule has 0 bridgehead atoms. The largest absolute Gasteiger partial charge is 0.378 e. The van der Waals surface area contributed by atoms with E-state index in [-0.39, 0.29) is 5.54 Å². The molecule has 0 amide bonds. The van der Waals surface area contributed by atoms with Crippen molar-refractivity contribution >= 4 is 17.0 Å². The summed E-state index contributed by atoms with van der Waals surface area (Å²) in [6.45, 7) is 3.95. The second kappa shape index (κ2) is 4.71. The summed E-state index contributed by atoms with van der Waals surface area (Å²) >= 11 is 1.64. The van der Waals surface area contributed by atoms with E-state index >= 15 is 0 Å². The Morgan fingerprint density at radius 3 is 2.22 bits per heavy atom. The number of anilines is 1. The van der Waals surface area contributed by atoms with Crippen LogP contribution in [0.15, 0.2) is 29.6 Å². The molecule has 2 N–H and O–H groups in total. The molecule has 0 aliphatic rings. The molecular weight excluding hydrogens is 242 g/mol. The van der Waals surface area contributed by atoms with E-state index in [0.717, 1.165) is 16.3 Å². The number of nitrogens with two attached hydrogens (primary N) is 1.